The molecular weight excluding hydrogens is 312 g/mol. The van der Waals surface area contributed by atoms with Gasteiger partial charge in [-0.25, -0.2) is 0 Å². The van der Waals surface area contributed by atoms with Gasteiger partial charge in [0.05, 0.1) is 6.61 Å². The quantitative estimate of drug-likeness (QED) is 0.719. The molecule has 1 aliphatic rings. The molecule has 0 spiro atoms. The van der Waals surface area contributed by atoms with Crippen molar-refractivity contribution in [2.75, 3.05) is 6.61 Å². The molecule has 104 valence electrons. The van der Waals surface area contributed by atoms with Crippen LogP contribution in [0.1, 0.15) is 33.5 Å². The molecule has 1 atom stereocenters. The van der Waals surface area contributed by atoms with Crippen molar-refractivity contribution in [1.29, 1.82) is 0 Å². The van der Waals surface area contributed by atoms with Gasteiger partial charge in [0.25, 0.3) is 0 Å². The molecule has 0 aromatic heterocycles. The summed E-state index contributed by atoms with van der Waals surface area (Å²) in [5.41, 5.74) is 5.37. The number of ether oxygens (including phenoxy) is 1. The van der Waals surface area contributed by atoms with Crippen LogP contribution in [0.2, 0.25) is 0 Å². The minimum absolute atomic E-state index is 0.359. The molecule has 0 saturated carbocycles. The Balaban J connectivity index is 1.76. The topological polar surface area (TPSA) is 9.23 Å². The van der Waals surface area contributed by atoms with Crippen LogP contribution in [0.15, 0.2) is 42.5 Å². The highest BCUT2D eigenvalue weighted by molar-refractivity contribution is 9.09. The van der Waals surface area contributed by atoms with Crippen LogP contribution in [0.3, 0.4) is 0 Å². The summed E-state index contributed by atoms with van der Waals surface area (Å²) < 4.78 is 5.67. The maximum absolute atomic E-state index is 5.67. The third-order valence-electron chi connectivity index (χ3n) is 3.83. The largest absolute Gasteiger partial charge is 0.493 e. The van der Waals surface area contributed by atoms with Crippen molar-refractivity contribution in [2.24, 2.45) is 0 Å². The summed E-state index contributed by atoms with van der Waals surface area (Å²) in [4.78, 5) is 0.359. The smallest absolute Gasteiger partial charge is 0.122 e. The second kappa shape index (κ2) is 6.01. The van der Waals surface area contributed by atoms with E-state index in [9.17, 15) is 0 Å². The summed E-state index contributed by atoms with van der Waals surface area (Å²) in [5.74, 6) is 1.06. The van der Waals surface area contributed by atoms with Gasteiger partial charge < -0.3 is 4.74 Å². The van der Waals surface area contributed by atoms with Gasteiger partial charge in [-0.15, -0.1) is 0 Å². The van der Waals surface area contributed by atoms with Crippen LogP contribution in [-0.4, -0.2) is 6.61 Å². The van der Waals surface area contributed by atoms with E-state index in [0.717, 1.165) is 31.6 Å². The van der Waals surface area contributed by atoms with Gasteiger partial charge in [-0.3, -0.25) is 0 Å². The Kier molecular flexibility index (Phi) is 4.11. The van der Waals surface area contributed by atoms with E-state index >= 15 is 0 Å². The molecule has 1 nitrogen and oxygen atoms in total. The molecule has 0 bridgehead atoms. The van der Waals surface area contributed by atoms with Crippen LogP contribution in [0.25, 0.3) is 0 Å². The number of aryl methyl sites for hydroxylation is 2. The minimum atomic E-state index is 0.359. The van der Waals surface area contributed by atoms with Gasteiger partial charge in [-0.05, 0) is 48.9 Å². The first kappa shape index (κ1) is 13.7. The van der Waals surface area contributed by atoms with E-state index in [1.54, 1.807) is 0 Å². The molecular formula is C18H19BrO. The maximum atomic E-state index is 5.67. The highest BCUT2D eigenvalue weighted by Gasteiger charge is 2.14. The molecule has 1 unspecified atom stereocenters. The van der Waals surface area contributed by atoms with Crippen molar-refractivity contribution >= 4 is 15.9 Å². The summed E-state index contributed by atoms with van der Waals surface area (Å²) in [7, 11) is 0. The first-order valence-corrected chi connectivity index (χ1v) is 8.09. The Hall–Kier alpha value is -1.28. The van der Waals surface area contributed by atoms with Crippen molar-refractivity contribution in [3.05, 3.63) is 64.7 Å². The molecule has 2 aromatic rings. The van der Waals surface area contributed by atoms with Gasteiger partial charge in [0.15, 0.2) is 0 Å². The highest BCUT2D eigenvalue weighted by atomic mass is 79.9. The van der Waals surface area contributed by atoms with Gasteiger partial charge in [0.2, 0.25) is 0 Å². The zero-order valence-electron chi connectivity index (χ0n) is 11.7. The van der Waals surface area contributed by atoms with Crippen LogP contribution in [0.4, 0.5) is 0 Å². The summed E-state index contributed by atoms with van der Waals surface area (Å²) in [6, 6.07) is 15.4. The third kappa shape index (κ3) is 3.06. The number of fused-ring (bicyclic) bond motifs is 1. The number of alkyl halides is 1. The number of rotatable bonds is 3. The first-order chi connectivity index (χ1) is 9.72. The average molecular weight is 331 g/mol. The zero-order valence-corrected chi connectivity index (χ0v) is 13.3. The monoisotopic (exact) mass is 330 g/mol. The molecule has 2 heteroatoms. The van der Waals surface area contributed by atoms with Crippen LogP contribution in [-0.2, 0) is 12.8 Å². The summed E-state index contributed by atoms with van der Waals surface area (Å²) >= 11 is 3.83. The number of halogens is 1. The molecule has 0 N–H and O–H groups in total. The molecule has 0 amide bonds. The lowest BCUT2D eigenvalue weighted by atomic mass is 9.99. The Morgan fingerprint density at radius 3 is 2.75 bits per heavy atom. The lowest BCUT2D eigenvalue weighted by molar-refractivity contribution is 0.288. The van der Waals surface area contributed by atoms with Crippen molar-refractivity contribution in [3.63, 3.8) is 0 Å². The van der Waals surface area contributed by atoms with Crippen LogP contribution >= 0.6 is 15.9 Å². The van der Waals surface area contributed by atoms with Gasteiger partial charge in [0, 0.05) is 4.83 Å². The molecule has 1 aliphatic heterocycles. The van der Waals surface area contributed by atoms with Crippen molar-refractivity contribution in [2.45, 2.75) is 31.0 Å². The van der Waals surface area contributed by atoms with Crippen molar-refractivity contribution in [3.8, 4) is 5.75 Å². The second-order valence-electron chi connectivity index (χ2n) is 5.48. The molecule has 0 aliphatic carbocycles. The van der Waals surface area contributed by atoms with E-state index in [2.05, 4.69) is 65.3 Å². The highest BCUT2D eigenvalue weighted by Crippen LogP contribution is 2.32. The number of benzene rings is 2. The summed E-state index contributed by atoms with van der Waals surface area (Å²) in [6.45, 7) is 2.98. The Labute approximate surface area is 129 Å². The number of hydrogen-bond acceptors (Lipinski definition) is 1. The maximum Gasteiger partial charge on any atom is 0.122 e. The summed E-state index contributed by atoms with van der Waals surface area (Å²) in [5, 5.41) is 0. The third-order valence-corrected chi connectivity index (χ3v) is 4.68. The van der Waals surface area contributed by atoms with E-state index in [-0.39, 0.29) is 0 Å². The fourth-order valence-corrected chi connectivity index (χ4v) is 3.28. The Morgan fingerprint density at radius 2 is 1.95 bits per heavy atom. The zero-order chi connectivity index (χ0) is 13.9. The molecule has 1 heterocycles. The predicted octanol–water partition coefficient (Wildman–Crippen LogP) is 5.00. The van der Waals surface area contributed by atoms with Crippen LogP contribution < -0.4 is 4.74 Å². The van der Waals surface area contributed by atoms with Crippen molar-refractivity contribution in [1.82, 2.24) is 0 Å². The van der Waals surface area contributed by atoms with E-state index in [4.69, 9.17) is 4.74 Å². The van der Waals surface area contributed by atoms with Gasteiger partial charge >= 0.3 is 0 Å². The molecule has 0 radical (unpaired) electrons. The molecule has 20 heavy (non-hydrogen) atoms. The molecule has 0 fully saturated rings. The van der Waals surface area contributed by atoms with Crippen molar-refractivity contribution < 1.29 is 4.74 Å². The predicted molar refractivity (Wildman–Crippen MR) is 86.8 cm³/mol. The molecule has 3 rings (SSSR count). The summed E-state index contributed by atoms with van der Waals surface area (Å²) in [6.07, 6.45) is 3.27. The van der Waals surface area contributed by atoms with Gasteiger partial charge in [-0.1, -0.05) is 57.9 Å². The second-order valence-corrected chi connectivity index (χ2v) is 6.58. The molecule has 0 saturated heterocycles. The van der Waals surface area contributed by atoms with E-state index in [0.29, 0.717) is 4.83 Å². The van der Waals surface area contributed by atoms with Gasteiger partial charge in [0.1, 0.15) is 5.75 Å². The Morgan fingerprint density at radius 1 is 1.15 bits per heavy atom. The fourth-order valence-electron chi connectivity index (χ4n) is 2.62. The lowest BCUT2D eigenvalue weighted by Gasteiger charge is -2.19. The van der Waals surface area contributed by atoms with Crippen LogP contribution in [0.5, 0.6) is 5.75 Å². The van der Waals surface area contributed by atoms with E-state index < -0.39 is 0 Å². The van der Waals surface area contributed by atoms with Crippen LogP contribution in [0, 0.1) is 6.92 Å². The van der Waals surface area contributed by atoms with E-state index in [1.165, 1.54) is 22.3 Å². The van der Waals surface area contributed by atoms with Gasteiger partial charge in [-0.2, -0.15) is 0 Å². The minimum Gasteiger partial charge on any atom is -0.493 e. The van der Waals surface area contributed by atoms with E-state index in [1.807, 2.05) is 0 Å². The lowest BCUT2D eigenvalue weighted by Crippen LogP contribution is -2.09. The number of hydrogen-bond donors (Lipinski definition) is 0. The SMILES string of the molecule is Cc1ccc(CC(Br)c2ccc3c(c2)CCCO3)cc1. The Bertz CT molecular complexity index is 589. The normalized spacial score (nSPS) is 15.3. The first-order valence-electron chi connectivity index (χ1n) is 7.17. The standard InChI is InChI=1S/C18H19BrO/c1-13-4-6-14(7-5-13)11-17(19)15-8-9-18-16(12-15)3-2-10-20-18/h4-9,12,17H,2-3,10-11H2,1H3. The molecule has 2 aromatic carbocycles. The fraction of sp³-hybridized carbons (Fsp3) is 0.333. The average Bonchev–Trinajstić information content (AvgIpc) is 2.49.